The van der Waals surface area contributed by atoms with Gasteiger partial charge < -0.3 is 5.32 Å². The minimum atomic E-state index is -3.23. The van der Waals surface area contributed by atoms with E-state index in [9.17, 15) is 8.42 Å². The van der Waals surface area contributed by atoms with E-state index in [-0.39, 0.29) is 24.4 Å². The highest BCUT2D eigenvalue weighted by atomic mass is 35.5. The maximum atomic E-state index is 11.9. The number of benzene rings is 2. The summed E-state index contributed by atoms with van der Waals surface area (Å²) in [5.41, 5.74) is 3.29. The third-order valence-corrected chi connectivity index (χ3v) is 6.53. The minimum absolute atomic E-state index is 0. The average molecular weight is 421 g/mol. The zero-order valence-corrected chi connectivity index (χ0v) is 17.1. The van der Waals surface area contributed by atoms with Gasteiger partial charge in [-0.05, 0) is 60.8 Å². The molecule has 0 saturated carbocycles. The lowest BCUT2D eigenvalue weighted by molar-refractivity contribution is 0.469. The molecule has 2 aromatic carbocycles. The monoisotopic (exact) mass is 419 g/mol. The van der Waals surface area contributed by atoms with Crippen molar-refractivity contribution in [3.63, 3.8) is 0 Å². The molecule has 3 rings (SSSR count). The van der Waals surface area contributed by atoms with Gasteiger partial charge in [0.2, 0.25) is 0 Å². The SMILES string of the molecule is CN[C@H]1CCC(c2ccc(Cl)c(Cl)c2)c2ccc(S(C)(=O)=O)cc21.Cl. The average Bonchev–Trinajstić information content (AvgIpc) is 2.55. The van der Waals surface area contributed by atoms with E-state index >= 15 is 0 Å². The number of hydrogen-bond acceptors (Lipinski definition) is 3. The van der Waals surface area contributed by atoms with E-state index in [1.54, 1.807) is 12.1 Å². The number of hydrogen-bond donors (Lipinski definition) is 1. The molecule has 1 N–H and O–H groups in total. The van der Waals surface area contributed by atoms with Crippen molar-refractivity contribution < 1.29 is 8.42 Å². The number of fused-ring (bicyclic) bond motifs is 1. The normalized spacial score (nSPS) is 19.8. The van der Waals surface area contributed by atoms with Crippen LogP contribution < -0.4 is 5.32 Å². The summed E-state index contributed by atoms with van der Waals surface area (Å²) in [6.45, 7) is 0. The first-order valence-corrected chi connectivity index (χ1v) is 10.4. The predicted molar refractivity (Wildman–Crippen MR) is 106 cm³/mol. The van der Waals surface area contributed by atoms with Crippen LogP contribution in [0.15, 0.2) is 41.3 Å². The Kier molecular flexibility index (Phi) is 6.45. The first-order valence-electron chi connectivity index (χ1n) is 7.77. The van der Waals surface area contributed by atoms with Crippen LogP contribution in [0.25, 0.3) is 0 Å². The molecule has 25 heavy (non-hydrogen) atoms. The second-order valence-corrected chi connectivity index (χ2v) is 9.04. The van der Waals surface area contributed by atoms with Gasteiger partial charge in [-0.15, -0.1) is 12.4 Å². The Balaban J connectivity index is 0.00000225. The highest BCUT2D eigenvalue weighted by Gasteiger charge is 2.28. The highest BCUT2D eigenvalue weighted by molar-refractivity contribution is 7.90. The fourth-order valence-corrected chi connectivity index (χ4v) is 4.38. The maximum absolute atomic E-state index is 11.9. The second-order valence-electron chi connectivity index (χ2n) is 6.21. The molecule has 1 aliphatic rings. The maximum Gasteiger partial charge on any atom is 0.175 e. The number of rotatable bonds is 3. The largest absolute Gasteiger partial charge is 0.313 e. The Morgan fingerprint density at radius 3 is 2.32 bits per heavy atom. The molecule has 1 unspecified atom stereocenters. The van der Waals surface area contributed by atoms with Crippen LogP contribution in [0.2, 0.25) is 10.0 Å². The molecule has 0 radical (unpaired) electrons. The molecule has 0 fully saturated rings. The van der Waals surface area contributed by atoms with Gasteiger partial charge in [-0.1, -0.05) is 35.3 Å². The fraction of sp³-hybridized carbons (Fsp3) is 0.333. The van der Waals surface area contributed by atoms with Crippen LogP contribution in [-0.2, 0) is 9.84 Å². The van der Waals surface area contributed by atoms with Gasteiger partial charge in [0.25, 0.3) is 0 Å². The van der Waals surface area contributed by atoms with Gasteiger partial charge in [-0.3, -0.25) is 0 Å². The molecule has 3 nitrogen and oxygen atoms in total. The Morgan fingerprint density at radius 1 is 1.00 bits per heavy atom. The van der Waals surface area contributed by atoms with E-state index in [2.05, 4.69) is 5.32 Å². The van der Waals surface area contributed by atoms with Crippen LogP contribution in [-0.4, -0.2) is 21.7 Å². The van der Waals surface area contributed by atoms with Gasteiger partial charge >= 0.3 is 0 Å². The fourth-order valence-electron chi connectivity index (χ4n) is 3.42. The van der Waals surface area contributed by atoms with Crippen molar-refractivity contribution >= 4 is 45.4 Å². The van der Waals surface area contributed by atoms with Crippen molar-refractivity contribution in [1.29, 1.82) is 0 Å². The summed E-state index contributed by atoms with van der Waals surface area (Å²) < 4.78 is 23.8. The molecule has 2 aromatic rings. The van der Waals surface area contributed by atoms with Crippen molar-refractivity contribution in [1.82, 2.24) is 5.32 Å². The molecule has 7 heteroatoms. The molecule has 0 aromatic heterocycles. The van der Waals surface area contributed by atoms with E-state index in [1.807, 2.05) is 31.3 Å². The molecule has 0 saturated heterocycles. The third kappa shape index (κ3) is 4.15. The van der Waals surface area contributed by atoms with Crippen LogP contribution in [0.5, 0.6) is 0 Å². The zero-order chi connectivity index (χ0) is 17.5. The van der Waals surface area contributed by atoms with Crippen molar-refractivity contribution in [3.8, 4) is 0 Å². The van der Waals surface area contributed by atoms with Gasteiger partial charge in [0, 0.05) is 18.2 Å². The summed E-state index contributed by atoms with van der Waals surface area (Å²) in [7, 11) is -1.32. The zero-order valence-electron chi connectivity index (χ0n) is 13.9. The Labute approximate surface area is 165 Å². The molecule has 0 bridgehead atoms. The molecule has 2 atom stereocenters. The summed E-state index contributed by atoms with van der Waals surface area (Å²) in [5.74, 6) is 0.188. The minimum Gasteiger partial charge on any atom is -0.313 e. The van der Waals surface area contributed by atoms with Gasteiger partial charge in [0.05, 0.1) is 14.9 Å². The third-order valence-electron chi connectivity index (χ3n) is 4.68. The van der Waals surface area contributed by atoms with Crippen LogP contribution in [0, 0.1) is 0 Å². The van der Waals surface area contributed by atoms with Crippen molar-refractivity contribution in [2.45, 2.75) is 29.7 Å². The summed E-state index contributed by atoms with van der Waals surface area (Å²) in [5, 5.41) is 4.37. The van der Waals surface area contributed by atoms with E-state index in [0.29, 0.717) is 14.9 Å². The molecule has 0 heterocycles. The smallest absolute Gasteiger partial charge is 0.175 e. The Hall–Kier alpha value is -0.780. The van der Waals surface area contributed by atoms with Crippen molar-refractivity contribution in [3.05, 3.63) is 63.1 Å². The lowest BCUT2D eigenvalue weighted by atomic mass is 9.77. The molecule has 0 amide bonds. The first-order chi connectivity index (χ1) is 11.3. The Bertz CT molecular complexity index is 884. The van der Waals surface area contributed by atoms with E-state index in [0.717, 1.165) is 29.5 Å². The van der Waals surface area contributed by atoms with Gasteiger partial charge in [-0.2, -0.15) is 0 Å². The van der Waals surface area contributed by atoms with Gasteiger partial charge in [-0.25, -0.2) is 8.42 Å². The lowest BCUT2D eigenvalue weighted by Gasteiger charge is -2.32. The second kappa shape index (κ2) is 7.85. The summed E-state index contributed by atoms with van der Waals surface area (Å²) in [6, 6.07) is 11.3. The van der Waals surface area contributed by atoms with Crippen LogP contribution in [0.1, 0.15) is 41.5 Å². The molecule has 0 spiro atoms. The quantitative estimate of drug-likeness (QED) is 0.759. The lowest BCUT2D eigenvalue weighted by Crippen LogP contribution is -2.24. The summed E-state index contributed by atoms with van der Waals surface area (Å²) in [6.07, 6.45) is 3.14. The van der Waals surface area contributed by atoms with Gasteiger partial charge in [0.1, 0.15) is 0 Å². The summed E-state index contributed by atoms with van der Waals surface area (Å²) >= 11 is 12.2. The van der Waals surface area contributed by atoms with E-state index in [4.69, 9.17) is 23.2 Å². The topological polar surface area (TPSA) is 46.2 Å². The number of sulfone groups is 1. The molecule has 1 aliphatic carbocycles. The molecule has 136 valence electrons. The van der Waals surface area contributed by atoms with Crippen LogP contribution in [0.3, 0.4) is 0 Å². The standard InChI is InChI=1S/C18H19Cl2NO2S.ClH/c1-21-18-8-6-13(11-3-7-16(19)17(20)9-11)14-5-4-12(10-15(14)18)24(2,22)23;/h3-5,7,9-10,13,18,21H,6,8H2,1-2H3;1H/t13?,18-;/m0./s1. The predicted octanol–water partition coefficient (Wildman–Crippen LogP) is 5.00. The summed E-state index contributed by atoms with van der Waals surface area (Å²) in [4.78, 5) is 0.358. The van der Waals surface area contributed by atoms with Gasteiger partial charge in [0.15, 0.2) is 9.84 Å². The Morgan fingerprint density at radius 2 is 1.72 bits per heavy atom. The van der Waals surface area contributed by atoms with E-state index in [1.165, 1.54) is 6.26 Å². The van der Waals surface area contributed by atoms with Crippen molar-refractivity contribution in [2.24, 2.45) is 0 Å². The van der Waals surface area contributed by atoms with Crippen LogP contribution in [0.4, 0.5) is 0 Å². The molecular weight excluding hydrogens is 401 g/mol. The molecule has 0 aliphatic heterocycles. The number of nitrogens with one attached hydrogen (secondary N) is 1. The highest BCUT2D eigenvalue weighted by Crippen LogP contribution is 2.43. The molecular formula is C18H20Cl3NO2S. The van der Waals surface area contributed by atoms with Crippen molar-refractivity contribution in [2.75, 3.05) is 13.3 Å². The van der Waals surface area contributed by atoms with Crippen LogP contribution >= 0.6 is 35.6 Å². The first kappa shape index (κ1) is 20.5. The van der Waals surface area contributed by atoms with E-state index < -0.39 is 9.84 Å². The number of halogens is 3.